The van der Waals surface area contributed by atoms with Crippen LogP contribution in [0.15, 0.2) is 30.3 Å². The summed E-state index contributed by atoms with van der Waals surface area (Å²) in [7, 11) is 2.98. The quantitative estimate of drug-likeness (QED) is 0.735. The maximum Gasteiger partial charge on any atom is 0.234 e. The van der Waals surface area contributed by atoms with E-state index in [-0.39, 0.29) is 23.8 Å². The van der Waals surface area contributed by atoms with Crippen LogP contribution in [-0.4, -0.2) is 30.8 Å². The van der Waals surface area contributed by atoms with E-state index in [0.717, 1.165) is 23.9 Å². The van der Waals surface area contributed by atoms with Crippen molar-refractivity contribution in [1.29, 1.82) is 0 Å². The summed E-state index contributed by atoms with van der Waals surface area (Å²) < 4.78 is 51.7. The van der Waals surface area contributed by atoms with Crippen LogP contribution in [0.1, 0.15) is 16.5 Å². The lowest BCUT2D eigenvalue weighted by Crippen LogP contribution is -2.28. The summed E-state index contributed by atoms with van der Waals surface area (Å²) in [5, 5.41) is -0.771. The van der Waals surface area contributed by atoms with E-state index in [2.05, 4.69) is 0 Å². The molecule has 1 heterocycles. The monoisotopic (exact) mass is 383 g/mol. The summed E-state index contributed by atoms with van der Waals surface area (Å²) in [6.07, 6.45) is 0. The van der Waals surface area contributed by atoms with Crippen LogP contribution in [-0.2, 0) is 11.3 Å². The minimum Gasteiger partial charge on any atom is -0.496 e. The molecule has 0 N–H and O–H groups in total. The van der Waals surface area contributed by atoms with Gasteiger partial charge in [0, 0.05) is 5.56 Å². The zero-order valence-corrected chi connectivity index (χ0v) is 14.9. The molecule has 4 nitrogen and oxygen atoms in total. The molecule has 26 heavy (non-hydrogen) atoms. The van der Waals surface area contributed by atoms with Crippen LogP contribution in [0.2, 0.25) is 0 Å². The Morgan fingerprint density at radius 2 is 1.73 bits per heavy atom. The van der Waals surface area contributed by atoms with Gasteiger partial charge in [-0.2, -0.15) is 0 Å². The van der Waals surface area contributed by atoms with Crippen LogP contribution in [0.3, 0.4) is 0 Å². The molecule has 3 rings (SSSR count). The van der Waals surface area contributed by atoms with E-state index in [1.165, 1.54) is 19.1 Å². The lowest BCUT2D eigenvalue weighted by Gasteiger charge is -2.26. The van der Waals surface area contributed by atoms with Crippen molar-refractivity contribution in [2.45, 2.75) is 11.9 Å². The third-order valence-electron chi connectivity index (χ3n) is 4.16. The Hall–Kier alpha value is -2.35. The van der Waals surface area contributed by atoms with E-state index in [1.54, 1.807) is 18.2 Å². The molecule has 1 unspecified atom stereocenters. The highest BCUT2D eigenvalue weighted by Gasteiger charge is 2.36. The number of carbonyl (C=O) groups excluding carboxylic acids is 1. The Balaban J connectivity index is 1.99. The number of carbonyl (C=O) groups is 1. The molecule has 0 aromatic heterocycles. The van der Waals surface area contributed by atoms with Gasteiger partial charge in [-0.1, -0.05) is 12.1 Å². The van der Waals surface area contributed by atoms with Crippen LogP contribution in [0.5, 0.6) is 11.5 Å². The molecule has 138 valence electrons. The van der Waals surface area contributed by atoms with Crippen LogP contribution in [0, 0.1) is 17.5 Å². The van der Waals surface area contributed by atoms with Gasteiger partial charge >= 0.3 is 0 Å². The van der Waals surface area contributed by atoms with Crippen molar-refractivity contribution in [2.75, 3.05) is 20.0 Å². The van der Waals surface area contributed by atoms with Crippen molar-refractivity contribution >= 4 is 17.7 Å². The first-order valence-electron chi connectivity index (χ1n) is 7.72. The van der Waals surface area contributed by atoms with Crippen molar-refractivity contribution < 1.29 is 27.4 Å². The number of amides is 1. The number of benzene rings is 2. The van der Waals surface area contributed by atoms with Crippen LogP contribution in [0.25, 0.3) is 0 Å². The molecule has 1 amide bonds. The van der Waals surface area contributed by atoms with Crippen LogP contribution >= 0.6 is 11.8 Å². The number of methoxy groups -OCH3 is 2. The lowest BCUT2D eigenvalue weighted by molar-refractivity contribution is -0.128. The van der Waals surface area contributed by atoms with Crippen molar-refractivity contribution in [2.24, 2.45) is 0 Å². The number of hydrogen-bond acceptors (Lipinski definition) is 4. The Kier molecular flexibility index (Phi) is 5.31. The van der Waals surface area contributed by atoms with Gasteiger partial charge in [-0.05, 0) is 18.2 Å². The molecular weight excluding hydrogens is 367 g/mol. The first-order valence-corrected chi connectivity index (χ1v) is 8.77. The Bertz CT molecular complexity index is 824. The van der Waals surface area contributed by atoms with Crippen molar-refractivity contribution in [3.8, 4) is 11.5 Å². The zero-order chi connectivity index (χ0) is 18.8. The number of rotatable bonds is 5. The molecule has 2 aromatic rings. The molecule has 2 aromatic carbocycles. The number of ether oxygens (including phenoxy) is 2. The maximum absolute atomic E-state index is 14.2. The average molecular weight is 383 g/mol. The van der Waals surface area contributed by atoms with Gasteiger partial charge in [0.15, 0.2) is 17.5 Å². The standard InChI is InChI=1S/C18H16F3NO3S/c1-24-13-4-3-5-14(25-2)11(13)8-22-15(23)9-26-18(22)10-6-7-12(19)17(21)16(10)20/h3-7,18H,8-9H2,1-2H3. The van der Waals surface area contributed by atoms with Gasteiger partial charge in [0.1, 0.15) is 16.9 Å². The summed E-state index contributed by atoms with van der Waals surface area (Å²) in [6, 6.07) is 7.21. The summed E-state index contributed by atoms with van der Waals surface area (Å²) in [6.45, 7) is 0.0854. The number of thioether (sulfide) groups is 1. The normalized spacial score (nSPS) is 16.9. The molecule has 0 aliphatic carbocycles. The predicted molar refractivity (Wildman–Crippen MR) is 91.6 cm³/mol. The lowest BCUT2D eigenvalue weighted by atomic mass is 10.1. The molecule has 0 saturated carbocycles. The third kappa shape index (κ3) is 3.21. The molecule has 1 aliphatic heterocycles. The average Bonchev–Trinajstić information content (AvgIpc) is 3.00. The first kappa shape index (κ1) is 18.4. The molecule has 0 spiro atoms. The fourth-order valence-corrected chi connectivity index (χ4v) is 4.07. The van der Waals surface area contributed by atoms with Gasteiger partial charge in [0.2, 0.25) is 5.91 Å². The molecule has 1 aliphatic rings. The maximum atomic E-state index is 14.2. The van der Waals surface area contributed by atoms with E-state index in [4.69, 9.17) is 9.47 Å². The Morgan fingerprint density at radius 1 is 1.08 bits per heavy atom. The Morgan fingerprint density at radius 3 is 2.35 bits per heavy atom. The first-order chi connectivity index (χ1) is 12.5. The summed E-state index contributed by atoms with van der Waals surface area (Å²) >= 11 is 1.15. The molecule has 0 radical (unpaired) electrons. The highest BCUT2D eigenvalue weighted by Crippen LogP contribution is 2.43. The minimum absolute atomic E-state index is 0.0754. The van der Waals surface area contributed by atoms with Gasteiger partial charge in [-0.3, -0.25) is 4.79 Å². The van der Waals surface area contributed by atoms with E-state index >= 15 is 0 Å². The second-order valence-electron chi connectivity index (χ2n) is 5.59. The summed E-state index contributed by atoms with van der Waals surface area (Å²) in [5.41, 5.74) is 0.537. The van der Waals surface area contributed by atoms with Gasteiger partial charge in [-0.15, -0.1) is 11.8 Å². The predicted octanol–water partition coefficient (Wildman–Crippen LogP) is 3.90. The van der Waals surface area contributed by atoms with E-state index < -0.39 is 22.8 Å². The number of nitrogens with zero attached hydrogens (tertiary/aromatic N) is 1. The Labute approximate surface area is 152 Å². The third-order valence-corrected chi connectivity index (χ3v) is 5.40. The van der Waals surface area contributed by atoms with Crippen molar-refractivity contribution in [3.05, 3.63) is 58.9 Å². The van der Waals surface area contributed by atoms with Crippen molar-refractivity contribution in [1.82, 2.24) is 4.90 Å². The molecule has 1 atom stereocenters. The van der Waals surface area contributed by atoms with Crippen LogP contribution in [0.4, 0.5) is 13.2 Å². The highest BCUT2D eigenvalue weighted by molar-refractivity contribution is 8.00. The van der Waals surface area contributed by atoms with Gasteiger partial charge in [0.05, 0.1) is 32.1 Å². The summed E-state index contributed by atoms with van der Waals surface area (Å²) in [4.78, 5) is 13.8. The second kappa shape index (κ2) is 7.49. The topological polar surface area (TPSA) is 38.8 Å². The number of halogens is 3. The van der Waals surface area contributed by atoms with E-state index in [9.17, 15) is 18.0 Å². The molecule has 1 saturated heterocycles. The minimum atomic E-state index is -1.54. The fourth-order valence-electron chi connectivity index (χ4n) is 2.87. The van der Waals surface area contributed by atoms with Gasteiger partial charge in [0.25, 0.3) is 0 Å². The largest absolute Gasteiger partial charge is 0.496 e. The summed E-state index contributed by atoms with van der Waals surface area (Å²) in [5.74, 6) is -3.19. The molecule has 1 fully saturated rings. The van der Waals surface area contributed by atoms with Gasteiger partial charge in [-0.25, -0.2) is 13.2 Å². The fraction of sp³-hybridized carbons (Fsp3) is 0.278. The van der Waals surface area contributed by atoms with E-state index in [0.29, 0.717) is 17.1 Å². The number of hydrogen-bond donors (Lipinski definition) is 0. The SMILES string of the molecule is COc1cccc(OC)c1CN1C(=O)CSC1c1ccc(F)c(F)c1F. The molecular formula is C18H16F3NO3S. The van der Waals surface area contributed by atoms with E-state index in [1.807, 2.05) is 0 Å². The van der Waals surface area contributed by atoms with Gasteiger partial charge < -0.3 is 14.4 Å². The zero-order valence-electron chi connectivity index (χ0n) is 14.1. The highest BCUT2D eigenvalue weighted by atomic mass is 32.2. The molecule has 0 bridgehead atoms. The second-order valence-corrected chi connectivity index (χ2v) is 6.66. The van der Waals surface area contributed by atoms with Crippen LogP contribution < -0.4 is 9.47 Å². The van der Waals surface area contributed by atoms with Crippen molar-refractivity contribution in [3.63, 3.8) is 0 Å². The molecule has 8 heteroatoms. The smallest absolute Gasteiger partial charge is 0.234 e.